The second-order valence-corrected chi connectivity index (χ2v) is 6.78. The van der Waals surface area contributed by atoms with E-state index < -0.39 is 7.80 Å². The summed E-state index contributed by atoms with van der Waals surface area (Å²) in [6.07, 6.45) is 0. The highest BCUT2D eigenvalue weighted by Crippen LogP contribution is 2.38. The van der Waals surface area contributed by atoms with Gasteiger partial charge in [-0.3, -0.25) is 0 Å². The first-order valence-electron chi connectivity index (χ1n) is 6.34. The maximum Gasteiger partial charge on any atom is 0.231 e. The van der Waals surface area contributed by atoms with Gasteiger partial charge in [0, 0.05) is 0 Å². The molecule has 0 saturated carbocycles. The monoisotopic (exact) mass is 286 g/mol. The van der Waals surface area contributed by atoms with Gasteiger partial charge in [-0.15, -0.1) is 0 Å². The molecule has 0 fully saturated rings. The maximum absolute atomic E-state index is 5.44. The number of fused-ring (bicyclic) bond motifs is 2. The third-order valence-corrected chi connectivity index (χ3v) is 5.59. The highest BCUT2D eigenvalue weighted by Gasteiger charge is 2.19. The van der Waals surface area contributed by atoms with Crippen molar-refractivity contribution in [1.82, 2.24) is 0 Å². The van der Waals surface area contributed by atoms with E-state index in [0.29, 0.717) is 13.6 Å². The number of hydrogen-bond donors (Lipinski definition) is 0. The first kappa shape index (κ1) is 11.9. The number of benzene rings is 2. The van der Waals surface area contributed by atoms with Gasteiger partial charge in [0.15, 0.2) is 23.0 Å². The van der Waals surface area contributed by atoms with E-state index in [9.17, 15) is 0 Å². The Morgan fingerprint density at radius 2 is 1.15 bits per heavy atom. The zero-order chi connectivity index (χ0) is 13.5. The molecule has 0 saturated heterocycles. The van der Waals surface area contributed by atoms with Crippen molar-refractivity contribution in [2.24, 2.45) is 0 Å². The third kappa shape index (κ3) is 1.90. The Hall–Kier alpha value is -1.87. The molecule has 4 rings (SSSR count). The van der Waals surface area contributed by atoms with Gasteiger partial charge >= 0.3 is 0 Å². The summed E-state index contributed by atoms with van der Waals surface area (Å²) in [6, 6.07) is 12.3. The van der Waals surface area contributed by atoms with Crippen LogP contribution in [0.25, 0.3) is 0 Å². The van der Waals surface area contributed by atoms with E-state index in [2.05, 4.69) is 31.8 Å². The molecule has 6 heteroatoms. The predicted molar refractivity (Wildman–Crippen MR) is 79.9 cm³/mol. The van der Waals surface area contributed by atoms with Gasteiger partial charge in [-0.1, -0.05) is 19.9 Å². The third-order valence-electron chi connectivity index (χ3n) is 3.49. The van der Waals surface area contributed by atoms with Crippen molar-refractivity contribution in [3.63, 3.8) is 0 Å². The SMILES string of the molecule is BP(c1ccc2c(c1)OCO2)c1ccc2c(c1)OCO2. The first-order chi connectivity index (χ1) is 9.81. The molecule has 0 N–H and O–H groups in total. The minimum Gasteiger partial charge on any atom is -0.454 e. The van der Waals surface area contributed by atoms with E-state index in [0.717, 1.165) is 23.0 Å². The van der Waals surface area contributed by atoms with Gasteiger partial charge in [-0.05, 0) is 34.9 Å². The fourth-order valence-corrected chi connectivity index (χ4v) is 3.85. The number of ether oxygens (including phenoxy) is 4. The van der Waals surface area contributed by atoms with Crippen LogP contribution in [0.1, 0.15) is 0 Å². The Bertz CT molecular complexity index is 619. The molecule has 2 aliphatic heterocycles. The lowest BCUT2D eigenvalue weighted by Crippen LogP contribution is -2.11. The standard InChI is InChI=1S/C14H12BO4P/c15-20(9-1-3-11-13(5-9)18-7-16-11)10-2-4-12-14(6-10)19-8-17-12/h1-6H,7-8,15H2. The molecule has 0 atom stereocenters. The van der Waals surface area contributed by atoms with Crippen LogP contribution in [-0.2, 0) is 0 Å². The minimum absolute atomic E-state index is 0.310. The van der Waals surface area contributed by atoms with E-state index in [-0.39, 0.29) is 0 Å². The molecule has 0 aromatic heterocycles. The van der Waals surface area contributed by atoms with Crippen LogP contribution in [0, 0.1) is 0 Å². The quantitative estimate of drug-likeness (QED) is 0.612. The first-order valence-corrected chi connectivity index (χ1v) is 8.13. The van der Waals surface area contributed by atoms with Crippen molar-refractivity contribution in [3.05, 3.63) is 36.4 Å². The van der Waals surface area contributed by atoms with Crippen LogP contribution in [0.4, 0.5) is 0 Å². The molecule has 0 bridgehead atoms. The van der Waals surface area contributed by atoms with Crippen molar-refractivity contribution >= 4 is 26.0 Å². The van der Waals surface area contributed by atoms with E-state index in [1.807, 2.05) is 12.1 Å². The summed E-state index contributed by atoms with van der Waals surface area (Å²) in [7, 11) is 1.77. The van der Waals surface area contributed by atoms with Crippen LogP contribution in [0.15, 0.2) is 36.4 Å². The highest BCUT2D eigenvalue weighted by atomic mass is 31.1. The molecule has 20 heavy (non-hydrogen) atoms. The van der Waals surface area contributed by atoms with Crippen LogP contribution in [0.2, 0.25) is 0 Å². The molecule has 2 heterocycles. The summed E-state index contributed by atoms with van der Waals surface area (Å²) >= 11 is 0. The zero-order valence-corrected chi connectivity index (χ0v) is 11.9. The second-order valence-electron chi connectivity index (χ2n) is 4.63. The van der Waals surface area contributed by atoms with Gasteiger partial charge in [0.2, 0.25) is 13.6 Å². The Morgan fingerprint density at radius 1 is 0.700 bits per heavy atom. The molecule has 100 valence electrons. The van der Waals surface area contributed by atoms with E-state index >= 15 is 0 Å². The lowest BCUT2D eigenvalue weighted by atomic mass is 10.3. The lowest BCUT2D eigenvalue weighted by Gasteiger charge is -2.14. The average Bonchev–Trinajstić information content (AvgIpc) is 3.13. The van der Waals surface area contributed by atoms with Crippen LogP contribution in [0.3, 0.4) is 0 Å². The largest absolute Gasteiger partial charge is 0.454 e. The van der Waals surface area contributed by atoms with Crippen LogP contribution in [0.5, 0.6) is 23.0 Å². The normalized spacial score (nSPS) is 14.8. The van der Waals surface area contributed by atoms with Crippen molar-refractivity contribution in [2.45, 2.75) is 0 Å². The van der Waals surface area contributed by atoms with E-state index in [1.165, 1.54) is 10.6 Å². The van der Waals surface area contributed by atoms with Crippen LogP contribution >= 0.6 is 7.80 Å². The Labute approximate surface area is 118 Å². The van der Waals surface area contributed by atoms with Gasteiger partial charge in [-0.2, -0.15) is 0 Å². The molecule has 2 aromatic carbocycles. The van der Waals surface area contributed by atoms with Crippen LogP contribution in [-0.4, -0.2) is 21.2 Å². The summed E-state index contributed by atoms with van der Waals surface area (Å²) in [4.78, 5) is 0. The summed E-state index contributed by atoms with van der Waals surface area (Å²) in [5.41, 5.74) is 0. The highest BCUT2D eigenvalue weighted by molar-refractivity contribution is 7.94. The molecular weight excluding hydrogens is 274 g/mol. The smallest absolute Gasteiger partial charge is 0.231 e. The molecule has 0 spiro atoms. The van der Waals surface area contributed by atoms with E-state index in [4.69, 9.17) is 18.9 Å². The lowest BCUT2D eigenvalue weighted by molar-refractivity contribution is 0.173. The predicted octanol–water partition coefficient (Wildman–Crippen LogP) is 1.12. The van der Waals surface area contributed by atoms with Gasteiger partial charge in [-0.25, -0.2) is 0 Å². The van der Waals surface area contributed by atoms with Crippen molar-refractivity contribution in [3.8, 4) is 23.0 Å². The number of hydrogen-bond acceptors (Lipinski definition) is 4. The summed E-state index contributed by atoms with van der Waals surface area (Å²) in [5, 5.41) is 2.51. The summed E-state index contributed by atoms with van der Waals surface area (Å²) in [6.45, 7) is 0.620. The Balaban J connectivity index is 1.68. The van der Waals surface area contributed by atoms with Crippen molar-refractivity contribution < 1.29 is 18.9 Å². The molecule has 0 radical (unpaired) electrons. The van der Waals surface area contributed by atoms with Crippen LogP contribution < -0.4 is 29.6 Å². The molecular formula is C14H12BO4P. The van der Waals surface area contributed by atoms with Gasteiger partial charge < -0.3 is 18.9 Å². The summed E-state index contributed by atoms with van der Waals surface area (Å²) < 4.78 is 21.6. The maximum atomic E-state index is 5.44. The topological polar surface area (TPSA) is 36.9 Å². The zero-order valence-electron chi connectivity index (χ0n) is 11.0. The fourth-order valence-electron chi connectivity index (χ4n) is 2.34. The fraction of sp³-hybridized carbons (Fsp3) is 0.143. The van der Waals surface area contributed by atoms with Gasteiger partial charge in [0.1, 0.15) is 7.57 Å². The Kier molecular flexibility index (Phi) is 2.74. The molecule has 2 aromatic rings. The average molecular weight is 286 g/mol. The van der Waals surface area contributed by atoms with Gasteiger partial charge in [0.25, 0.3) is 0 Å². The van der Waals surface area contributed by atoms with E-state index in [1.54, 1.807) is 0 Å². The molecule has 0 unspecified atom stereocenters. The van der Waals surface area contributed by atoms with Gasteiger partial charge in [0.05, 0.1) is 0 Å². The number of rotatable bonds is 2. The molecule has 2 aliphatic rings. The Morgan fingerprint density at radius 3 is 1.65 bits per heavy atom. The molecule has 0 aliphatic carbocycles. The van der Waals surface area contributed by atoms with Crippen molar-refractivity contribution in [1.29, 1.82) is 0 Å². The van der Waals surface area contributed by atoms with Crippen molar-refractivity contribution in [2.75, 3.05) is 13.6 Å². The minimum atomic E-state index is -0.455. The molecule has 0 amide bonds. The molecule has 4 nitrogen and oxygen atoms in total. The second kappa shape index (κ2) is 4.60. The summed E-state index contributed by atoms with van der Waals surface area (Å²) in [5.74, 6) is 3.31.